The summed E-state index contributed by atoms with van der Waals surface area (Å²) in [5, 5.41) is 0. The maximum Gasteiger partial charge on any atom is 0.165 e. The Kier molecular flexibility index (Phi) is 3.50. The van der Waals surface area contributed by atoms with E-state index in [0.29, 0.717) is 5.56 Å². The highest BCUT2D eigenvalue weighted by molar-refractivity contribution is 5.77. The fraction of sp³-hybridized carbons (Fsp3) is 0.0714. The number of halogens is 1. The Morgan fingerprint density at radius 3 is 2.53 bits per heavy atom. The second-order valence-electron chi connectivity index (χ2n) is 3.54. The third kappa shape index (κ3) is 2.69. The second-order valence-corrected chi connectivity index (χ2v) is 3.54. The normalized spacial score (nSPS) is 9.94. The Balaban J connectivity index is 2.13. The molecule has 0 aliphatic rings. The molecule has 17 heavy (non-hydrogen) atoms. The van der Waals surface area contributed by atoms with E-state index in [0.717, 1.165) is 11.8 Å². The van der Waals surface area contributed by atoms with Gasteiger partial charge >= 0.3 is 0 Å². The molecule has 0 aromatic heterocycles. The van der Waals surface area contributed by atoms with Gasteiger partial charge in [-0.3, -0.25) is 4.79 Å². The maximum atomic E-state index is 13.3. The van der Waals surface area contributed by atoms with Gasteiger partial charge in [-0.25, -0.2) is 4.39 Å². The topological polar surface area (TPSA) is 26.3 Å². The number of aldehydes is 1. The molecule has 0 bridgehead atoms. The third-order valence-electron chi connectivity index (χ3n) is 2.40. The Morgan fingerprint density at radius 1 is 1.06 bits per heavy atom. The Bertz CT molecular complexity index is 523. The fourth-order valence-corrected chi connectivity index (χ4v) is 1.50. The van der Waals surface area contributed by atoms with Crippen LogP contribution in [-0.2, 0) is 6.61 Å². The SMILES string of the molecule is O=Cc1ccccc1COc1ccccc1F. The van der Waals surface area contributed by atoms with Crippen LogP contribution in [0, 0.1) is 5.82 Å². The molecule has 0 aliphatic carbocycles. The molecule has 3 heteroatoms. The third-order valence-corrected chi connectivity index (χ3v) is 2.40. The summed E-state index contributed by atoms with van der Waals surface area (Å²) in [6.07, 6.45) is 0.764. The monoisotopic (exact) mass is 230 g/mol. The number of rotatable bonds is 4. The van der Waals surface area contributed by atoms with Gasteiger partial charge in [0, 0.05) is 5.56 Å². The molecular weight excluding hydrogens is 219 g/mol. The molecule has 0 saturated heterocycles. The van der Waals surface area contributed by atoms with Gasteiger partial charge in [0.1, 0.15) is 12.9 Å². The van der Waals surface area contributed by atoms with Crippen molar-refractivity contribution in [2.45, 2.75) is 6.61 Å². The van der Waals surface area contributed by atoms with Gasteiger partial charge < -0.3 is 4.74 Å². The van der Waals surface area contributed by atoms with Crippen LogP contribution in [0.3, 0.4) is 0 Å². The van der Waals surface area contributed by atoms with E-state index in [1.807, 2.05) is 6.07 Å². The number of hydrogen-bond donors (Lipinski definition) is 0. The van der Waals surface area contributed by atoms with Crippen molar-refractivity contribution in [2.75, 3.05) is 0 Å². The Labute approximate surface area is 98.7 Å². The number of ether oxygens (including phenoxy) is 1. The van der Waals surface area contributed by atoms with Gasteiger partial charge in [0.2, 0.25) is 0 Å². The first-order valence-corrected chi connectivity index (χ1v) is 5.21. The van der Waals surface area contributed by atoms with Crippen molar-refractivity contribution in [1.29, 1.82) is 0 Å². The van der Waals surface area contributed by atoms with E-state index in [1.54, 1.807) is 36.4 Å². The Hall–Kier alpha value is -2.16. The first kappa shape index (κ1) is 11.3. The predicted molar refractivity (Wildman–Crippen MR) is 62.6 cm³/mol. The van der Waals surface area contributed by atoms with Crippen molar-refractivity contribution < 1.29 is 13.9 Å². The maximum absolute atomic E-state index is 13.3. The van der Waals surface area contributed by atoms with Crippen LogP contribution in [0.2, 0.25) is 0 Å². The molecular formula is C14H11FO2. The first-order chi connectivity index (χ1) is 8.31. The van der Waals surface area contributed by atoms with Gasteiger partial charge in [-0.15, -0.1) is 0 Å². The van der Waals surface area contributed by atoms with Gasteiger partial charge in [-0.2, -0.15) is 0 Å². The number of para-hydroxylation sites is 1. The largest absolute Gasteiger partial charge is 0.486 e. The lowest BCUT2D eigenvalue weighted by atomic mass is 10.1. The van der Waals surface area contributed by atoms with Crippen molar-refractivity contribution in [1.82, 2.24) is 0 Å². The lowest BCUT2D eigenvalue weighted by Gasteiger charge is -2.08. The molecule has 0 unspecified atom stereocenters. The molecule has 86 valence electrons. The lowest BCUT2D eigenvalue weighted by Crippen LogP contribution is -2.00. The van der Waals surface area contributed by atoms with E-state index < -0.39 is 5.82 Å². The fourth-order valence-electron chi connectivity index (χ4n) is 1.50. The van der Waals surface area contributed by atoms with Gasteiger partial charge in [0.25, 0.3) is 0 Å². The van der Waals surface area contributed by atoms with E-state index in [1.165, 1.54) is 6.07 Å². The minimum atomic E-state index is -0.406. The average molecular weight is 230 g/mol. The van der Waals surface area contributed by atoms with Crippen LogP contribution in [0.15, 0.2) is 48.5 Å². The van der Waals surface area contributed by atoms with Crippen LogP contribution in [0.4, 0.5) is 4.39 Å². The molecule has 0 heterocycles. The molecule has 2 aromatic carbocycles. The number of benzene rings is 2. The van der Waals surface area contributed by atoms with Crippen LogP contribution in [0.5, 0.6) is 5.75 Å². The molecule has 0 N–H and O–H groups in total. The highest BCUT2D eigenvalue weighted by Gasteiger charge is 2.04. The first-order valence-electron chi connectivity index (χ1n) is 5.21. The van der Waals surface area contributed by atoms with E-state index in [2.05, 4.69) is 0 Å². The summed E-state index contributed by atoms with van der Waals surface area (Å²) in [6, 6.07) is 13.3. The molecule has 0 amide bonds. The summed E-state index contributed by atoms with van der Waals surface area (Å²) in [7, 11) is 0. The summed E-state index contributed by atoms with van der Waals surface area (Å²) in [6.45, 7) is 0.176. The van der Waals surface area contributed by atoms with Gasteiger partial charge in [0.15, 0.2) is 11.6 Å². The van der Waals surface area contributed by atoms with Crippen molar-refractivity contribution in [3.05, 3.63) is 65.5 Å². The van der Waals surface area contributed by atoms with Crippen molar-refractivity contribution >= 4 is 6.29 Å². The quantitative estimate of drug-likeness (QED) is 0.754. The number of hydrogen-bond acceptors (Lipinski definition) is 2. The zero-order valence-electron chi connectivity index (χ0n) is 9.10. The molecule has 2 nitrogen and oxygen atoms in total. The molecule has 0 atom stereocenters. The van der Waals surface area contributed by atoms with E-state index in [4.69, 9.17) is 4.74 Å². The van der Waals surface area contributed by atoms with Crippen LogP contribution < -0.4 is 4.74 Å². The second kappa shape index (κ2) is 5.25. The molecule has 2 aromatic rings. The lowest BCUT2D eigenvalue weighted by molar-refractivity contribution is 0.112. The van der Waals surface area contributed by atoms with Gasteiger partial charge in [-0.1, -0.05) is 36.4 Å². The number of carbonyl (C=O) groups is 1. The van der Waals surface area contributed by atoms with Crippen LogP contribution in [0.25, 0.3) is 0 Å². The van der Waals surface area contributed by atoms with Crippen LogP contribution in [0.1, 0.15) is 15.9 Å². The van der Waals surface area contributed by atoms with Crippen LogP contribution >= 0.6 is 0 Å². The van der Waals surface area contributed by atoms with E-state index in [-0.39, 0.29) is 12.4 Å². The zero-order chi connectivity index (χ0) is 12.1. The van der Waals surface area contributed by atoms with Gasteiger partial charge in [-0.05, 0) is 17.7 Å². The minimum absolute atomic E-state index is 0.176. The molecule has 0 saturated carbocycles. The van der Waals surface area contributed by atoms with Gasteiger partial charge in [0.05, 0.1) is 0 Å². The summed E-state index contributed by atoms with van der Waals surface area (Å²) in [4.78, 5) is 10.8. The highest BCUT2D eigenvalue weighted by atomic mass is 19.1. The summed E-state index contributed by atoms with van der Waals surface area (Å²) in [5.41, 5.74) is 1.30. The van der Waals surface area contributed by atoms with Crippen molar-refractivity contribution in [2.24, 2.45) is 0 Å². The van der Waals surface area contributed by atoms with E-state index >= 15 is 0 Å². The standard InChI is InChI=1S/C14H11FO2/c15-13-7-3-4-8-14(13)17-10-12-6-2-1-5-11(12)9-16/h1-9H,10H2. The highest BCUT2D eigenvalue weighted by Crippen LogP contribution is 2.17. The van der Waals surface area contributed by atoms with Crippen LogP contribution in [-0.4, -0.2) is 6.29 Å². The molecule has 0 aliphatic heterocycles. The predicted octanol–water partition coefficient (Wildman–Crippen LogP) is 3.22. The average Bonchev–Trinajstić information content (AvgIpc) is 2.38. The van der Waals surface area contributed by atoms with Crippen molar-refractivity contribution in [3.8, 4) is 5.75 Å². The zero-order valence-corrected chi connectivity index (χ0v) is 9.10. The summed E-state index contributed by atoms with van der Waals surface area (Å²) in [5.74, 6) is -0.218. The molecule has 0 fully saturated rings. The number of carbonyl (C=O) groups excluding carboxylic acids is 1. The minimum Gasteiger partial charge on any atom is -0.486 e. The summed E-state index contributed by atoms with van der Waals surface area (Å²) < 4.78 is 18.6. The van der Waals surface area contributed by atoms with Crippen molar-refractivity contribution in [3.63, 3.8) is 0 Å². The molecule has 0 radical (unpaired) electrons. The smallest absolute Gasteiger partial charge is 0.165 e. The molecule has 0 spiro atoms. The Morgan fingerprint density at radius 2 is 1.76 bits per heavy atom. The van der Waals surface area contributed by atoms with E-state index in [9.17, 15) is 9.18 Å². The molecule has 2 rings (SSSR count). The summed E-state index contributed by atoms with van der Waals surface area (Å²) >= 11 is 0.